The number of amides is 1. The van der Waals surface area contributed by atoms with Crippen molar-refractivity contribution < 1.29 is 18.7 Å². The summed E-state index contributed by atoms with van der Waals surface area (Å²) in [5.41, 5.74) is -0.270. The molecule has 6 nitrogen and oxygen atoms in total. The van der Waals surface area contributed by atoms with E-state index < -0.39 is 19.6 Å². The topological polar surface area (TPSA) is 60.9 Å². The van der Waals surface area contributed by atoms with Gasteiger partial charge in [-0.2, -0.15) is 0 Å². The van der Waals surface area contributed by atoms with Gasteiger partial charge in [0.15, 0.2) is 8.32 Å². The van der Waals surface area contributed by atoms with Crippen LogP contribution in [0.3, 0.4) is 0 Å². The van der Waals surface area contributed by atoms with Crippen molar-refractivity contribution in [3.63, 3.8) is 0 Å². The Morgan fingerprint density at radius 1 is 1.17 bits per heavy atom. The minimum absolute atomic E-state index is 0.104. The number of hydrogen-bond acceptors (Lipinski definition) is 5. The predicted octanol–water partition coefficient (Wildman–Crippen LogP) is 5.39. The van der Waals surface area contributed by atoms with Crippen LogP contribution in [0.5, 0.6) is 0 Å². The Hall–Kier alpha value is -1.44. The van der Waals surface area contributed by atoms with Crippen LogP contribution in [0.15, 0.2) is 24.5 Å². The van der Waals surface area contributed by atoms with Crippen LogP contribution in [0.1, 0.15) is 61.0 Å². The number of hydrogen-bond donors (Lipinski definition) is 0. The van der Waals surface area contributed by atoms with E-state index in [9.17, 15) is 4.79 Å². The largest absolute Gasteiger partial charge is 0.444 e. The molecule has 1 aliphatic heterocycles. The second-order valence-corrected chi connectivity index (χ2v) is 16.0. The van der Waals surface area contributed by atoms with E-state index in [0.29, 0.717) is 13.0 Å². The SMILES string of the molecule is CC(C)(C)OC(=O)N1C(Cc2ccncc2)C(CO[Si](C)(C)C(C)(C)C)OC1(C)C. The summed E-state index contributed by atoms with van der Waals surface area (Å²) in [6.45, 7) is 21.1. The summed E-state index contributed by atoms with van der Waals surface area (Å²) < 4.78 is 18.6. The Labute approximate surface area is 183 Å². The molecule has 2 atom stereocenters. The molecule has 1 fully saturated rings. The van der Waals surface area contributed by atoms with E-state index in [1.54, 1.807) is 17.3 Å². The van der Waals surface area contributed by atoms with Gasteiger partial charge < -0.3 is 13.9 Å². The van der Waals surface area contributed by atoms with E-state index in [0.717, 1.165) is 5.56 Å². The molecule has 2 unspecified atom stereocenters. The van der Waals surface area contributed by atoms with Gasteiger partial charge in [-0.1, -0.05) is 20.8 Å². The van der Waals surface area contributed by atoms with Crippen molar-refractivity contribution in [3.05, 3.63) is 30.1 Å². The highest BCUT2D eigenvalue weighted by atomic mass is 28.4. The molecule has 1 aromatic heterocycles. The highest BCUT2D eigenvalue weighted by Crippen LogP contribution is 2.39. The van der Waals surface area contributed by atoms with Crippen molar-refractivity contribution in [2.45, 2.75) is 103 Å². The normalized spacial score (nSPS) is 22.3. The zero-order valence-corrected chi connectivity index (χ0v) is 21.4. The minimum atomic E-state index is -1.95. The molecule has 0 bridgehead atoms. The van der Waals surface area contributed by atoms with E-state index in [1.165, 1.54) is 0 Å². The minimum Gasteiger partial charge on any atom is -0.444 e. The highest BCUT2D eigenvalue weighted by molar-refractivity contribution is 6.74. The first-order valence-electron chi connectivity index (χ1n) is 10.8. The number of nitrogens with zero attached hydrogens (tertiary/aromatic N) is 2. The molecule has 0 N–H and O–H groups in total. The van der Waals surface area contributed by atoms with Crippen molar-refractivity contribution in [2.24, 2.45) is 0 Å². The molecule has 1 amide bonds. The van der Waals surface area contributed by atoms with Crippen molar-refractivity contribution in [1.82, 2.24) is 9.88 Å². The molecule has 0 radical (unpaired) electrons. The molecule has 170 valence electrons. The summed E-state index contributed by atoms with van der Waals surface area (Å²) in [5, 5.41) is 0.104. The lowest BCUT2D eigenvalue weighted by Crippen LogP contribution is -2.51. The summed E-state index contributed by atoms with van der Waals surface area (Å²) in [6, 6.07) is 3.76. The first kappa shape index (κ1) is 24.8. The molecule has 1 saturated heterocycles. The lowest BCUT2D eigenvalue weighted by Gasteiger charge is -2.37. The van der Waals surface area contributed by atoms with E-state index >= 15 is 0 Å². The second-order valence-electron chi connectivity index (χ2n) is 11.2. The van der Waals surface area contributed by atoms with Crippen LogP contribution in [-0.4, -0.2) is 54.4 Å². The van der Waals surface area contributed by atoms with Crippen molar-refractivity contribution >= 4 is 14.4 Å². The first-order chi connectivity index (χ1) is 13.5. The maximum atomic E-state index is 13.2. The number of ether oxygens (including phenoxy) is 2. The Morgan fingerprint density at radius 3 is 2.23 bits per heavy atom. The third-order valence-corrected chi connectivity index (χ3v) is 10.5. The lowest BCUT2D eigenvalue weighted by atomic mass is 10.0. The van der Waals surface area contributed by atoms with Gasteiger partial charge >= 0.3 is 6.09 Å². The monoisotopic (exact) mass is 436 g/mol. The zero-order chi connectivity index (χ0) is 23.0. The van der Waals surface area contributed by atoms with E-state index in [-0.39, 0.29) is 23.3 Å². The smallest absolute Gasteiger partial charge is 0.412 e. The van der Waals surface area contributed by atoms with Crippen LogP contribution in [0.25, 0.3) is 0 Å². The number of rotatable bonds is 5. The molecule has 7 heteroatoms. The summed E-state index contributed by atoms with van der Waals surface area (Å²) in [4.78, 5) is 19.0. The van der Waals surface area contributed by atoms with E-state index in [4.69, 9.17) is 13.9 Å². The van der Waals surface area contributed by atoms with Crippen LogP contribution in [-0.2, 0) is 20.3 Å². The van der Waals surface area contributed by atoms with Gasteiger partial charge in [0.25, 0.3) is 0 Å². The quantitative estimate of drug-likeness (QED) is 0.579. The molecule has 0 aromatic carbocycles. The van der Waals surface area contributed by atoms with Crippen molar-refractivity contribution in [2.75, 3.05) is 6.61 Å². The Bertz CT molecular complexity index is 723. The van der Waals surface area contributed by atoms with Crippen LogP contribution in [0, 0.1) is 0 Å². The van der Waals surface area contributed by atoms with E-state index in [2.05, 4.69) is 38.8 Å². The average Bonchev–Trinajstić information content (AvgIpc) is 2.81. The fourth-order valence-corrected chi connectivity index (χ4v) is 4.39. The molecule has 2 heterocycles. The van der Waals surface area contributed by atoms with Gasteiger partial charge in [-0.25, -0.2) is 4.79 Å². The highest BCUT2D eigenvalue weighted by Gasteiger charge is 2.52. The maximum Gasteiger partial charge on any atom is 0.412 e. The lowest BCUT2D eigenvalue weighted by molar-refractivity contribution is -0.0855. The summed E-state index contributed by atoms with van der Waals surface area (Å²) in [7, 11) is -1.95. The molecule has 30 heavy (non-hydrogen) atoms. The van der Waals surface area contributed by atoms with Gasteiger partial charge in [-0.05, 0) is 76.9 Å². The second kappa shape index (κ2) is 8.59. The van der Waals surface area contributed by atoms with Crippen LogP contribution in [0.2, 0.25) is 18.1 Å². The number of aromatic nitrogens is 1. The Morgan fingerprint density at radius 2 is 1.73 bits per heavy atom. The third kappa shape index (κ3) is 6.05. The molecule has 0 aliphatic carbocycles. The Balaban J connectivity index is 2.32. The first-order valence-corrected chi connectivity index (χ1v) is 13.7. The summed E-state index contributed by atoms with van der Waals surface area (Å²) in [5.74, 6) is 0. The van der Waals surface area contributed by atoms with Crippen molar-refractivity contribution in [3.8, 4) is 0 Å². The molecule has 1 aliphatic rings. The van der Waals surface area contributed by atoms with Gasteiger partial charge in [0.1, 0.15) is 17.4 Å². The van der Waals surface area contributed by atoms with Crippen molar-refractivity contribution in [1.29, 1.82) is 0 Å². The summed E-state index contributed by atoms with van der Waals surface area (Å²) >= 11 is 0. The van der Waals surface area contributed by atoms with Gasteiger partial charge in [0.2, 0.25) is 0 Å². The van der Waals surface area contributed by atoms with Gasteiger partial charge in [0.05, 0.1) is 12.6 Å². The van der Waals surface area contributed by atoms with Crippen LogP contribution in [0.4, 0.5) is 4.79 Å². The molecular weight excluding hydrogens is 396 g/mol. The molecular formula is C23H40N2O4Si. The van der Waals surface area contributed by atoms with Crippen LogP contribution < -0.4 is 0 Å². The van der Waals surface area contributed by atoms with E-state index in [1.807, 2.05) is 46.8 Å². The zero-order valence-electron chi connectivity index (χ0n) is 20.4. The van der Waals surface area contributed by atoms with Gasteiger partial charge in [-0.15, -0.1) is 0 Å². The molecule has 0 spiro atoms. The molecule has 1 aromatic rings. The summed E-state index contributed by atoms with van der Waals surface area (Å²) in [6.07, 6.45) is 3.59. The Kier molecular flexibility index (Phi) is 7.11. The third-order valence-electron chi connectivity index (χ3n) is 5.98. The fraction of sp³-hybridized carbons (Fsp3) is 0.739. The maximum absolute atomic E-state index is 13.2. The van der Waals surface area contributed by atoms with Crippen LogP contribution >= 0.6 is 0 Å². The number of carbonyl (C=O) groups excluding carboxylic acids is 1. The standard InChI is InChI=1S/C23H40N2O4Si/c1-21(2,3)29-20(26)25-18(15-17-11-13-24-14-12-17)19(28-23(25,7)8)16-27-30(9,10)22(4,5)6/h11-14,18-19H,15-16H2,1-10H3. The molecule has 0 saturated carbocycles. The number of pyridine rings is 1. The number of carbonyl (C=O) groups is 1. The fourth-order valence-electron chi connectivity index (χ4n) is 3.37. The predicted molar refractivity (Wildman–Crippen MR) is 122 cm³/mol. The average molecular weight is 437 g/mol. The molecule has 2 rings (SSSR count). The van der Waals surface area contributed by atoms with Gasteiger partial charge in [0, 0.05) is 12.4 Å². The van der Waals surface area contributed by atoms with Gasteiger partial charge in [-0.3, -0.25) is 9.88 Å².